The van der Waals surface area contributed by atoms with Crippen LogP contribution in [0.5, 0.6) is 0 Å². The number of halogens is 1. The van der Waals surface area contributed by atoms with Crippen LogP contribution in [-0.4, -0.2) is 28.2 Å². The second-order valence-corrected chi connectivity index (χ2v) is 5.00. The number of nitrogens with one attached hydrogen (secondary N) is 1. The first kappa shape index (κ1) is 11.8. The summed E-state index contributed by atoms with van der Waals surface area (Å²) >= 11 is 3.38. The number of aryl methyl sites for hydroxylation is 1. The summed E-state index contributed by atoms with van der Waals surface area (Å²) in [5.74, 6) is 0.115. The van der Waals surface area contributed by atoms with Crippen LogP contribution >= 0.6 is 15.9 Å². The molecule has 1 aliphatic rings. The minimum atomic E-state index is 0.115. The molecule has 1 heterocycles. The van der Waals surface area contributed by atoms with E-state index < -0.39 is 0 Å². The zero-order valence-corrected chi connectivity index (χ0v) is 11.0. The van der Waals surface area contributed by atoms with Crippen LogP contribution in [0.15, 0.2) is 10.7 Å². The van der Waals surface area contributed by atoms with E-state index in [0.29, 0.717) is 18.3 Å². The van der Waals surface area contributed by atoms with E-state index in [9.17, 15) is 4.79 Å². The maximum atomic E-state index is 12.0. The smallest absolute Gasteiger partial charge is 0.195 e. The number of aromatic nitrogens is 2. The predicted molar refractivity (Wildman–Crippen MR) is 65.6 cm³/mol. The van der Waals surface area contributed by atoms with Crippen LogP contribution in [0.1, 0.15) is 36.7 Å². The van der Waals surface area contributed by atoms with Crippen molar-refractivity contribution in [3.05, 3.63) is 16.4 Å². The van der Waals surface area contributed by atoms with Gasteiger partial charge in [-0.25, -0.2) is 0 Å². The maximum Gasteiger partial charge on any atom is 0.195 e. The zero-order chi connectivity index (χ0) is 11.5. The van der Waals surface area contributed by atoms with Crippen molar-refractivity contribution in [3.8, 4) is 0 Å². The number of nitrogens with zero attached hydrogens (tertiary/aromatic N) is 2. The minimum Gasteiger partial charge on any atom is -0.307 e. The van der Waals surface area contributed by atoms with E-state index in [1.807, 2.05) is 0 Å². The van der Waals surface area contributed by atoms with Crippen LogP contribution in [0.25, 0.3) is 0 Å². The second-order valence-electron chi connectivity index (χ2n) is 4.14. The van der Waals surface area contributed by atoms with Crippen LogP contribution in [0.4, 0.5) is 0 Å². The molecule has 2 rings (SSSR count). The van der Waals surface area contributed by atoms with Gasteiger partial charge in [0.15, 0.2) is 5.78 Å². The lowest BCUT2D eigenvalue weighted by Crippen LogP contribution is -2.27. The molecule has 0 unspecified atom stereocenters. The Hall–Kier alpha value is -0.680. The Morgan fingerprint density at radius 1 is 1.69 bits per heavy atom. The molecular weight excluding hydrogens is 270 g/mol. The second kappa shape index (κ2) is 5.10. The highest BCUT2D eigenvalue weighted by atomic mass is 79.9. The first-order valence-electron chi connectivity index (χ1n) is 5.70. The number of Topliss-reactive ketones (excluding diaryl/α,β-unsaturated/α-hetero) is 1. The standard InChI is InChI=1S/C11H16BrN3O/c1-2-5-15-11(9(12)6-14-15)10(16)7-13-8-3-4-8/h6,8,13H,2-5,7H2,1H3. The molecule has 1 saturated carbocycles. The maximum absolute atomic E-state index is 12.0. The van der Waals surface area contributed by atoms with Gasteiger partial charge in [0.05, 0.1) is 17.2 Å². The van der Waals surface area contributed by atoms with Crippen molar-refractivity contribution in [2.75, 3.05) is 6.54 Å². The van der Waals surface area contributed by atoms with Gasteiger partial charge in [0, 0.05) is 12.6 Å². The molecule has 0 aliphatic heterocycles. The molecule has 0 bridgehead atoms. The highest BCUT2D eigenvalue weighted by Crippen LogP contribution is 2.20. The van der Waals surface area contributed by atoms with E-state index in [1.54, 1.807) is 10.9 Å². The predicted octanol–water partition coefficient (Wildman–Crippen LogP) is 1.99. The highest BCUT2D eigenvalue weighted by molar-refractivity contribution is 9.10. The molecule has 16 heavy (non-hydrogen) atoms. The number of carbonyl (C=O) groups is 1. The van der Waals surface area contributed by atoms with Crippen molar-refractivity contribution in [2.24, 2.45) is 0 Å². The van der Waals surface area contributed by atoms with Crippen LogP contribution in [0, 0.1) is 0 Å². The van der Waals surface area contributed by atoms with Gasteiger partial charge in [0.25, 0.3) is 0 Å². The van der Waals surface area contributed by atoms with E-state index in [4.69, 9.17) is 0 Å². The molecule has 4 nitrogen and oxygen atoms in total. The topological polar surface area (TPSA) is 46.9 Å². The lowest BCUT2D eigenvalue weighted by Gasteiger charge is -2.06. The molecule has 0 amide bonds. The normalized spacial score (nSPS) is 15.4. The Morgan fingerprint density at radius 3 is 3.06 bits per heavy atom. The Labute approximate surface area is 104 Å². The van der Waals surface area contributed by atoms with Gasteiger partial charge in [-0.1, -0.05) is 6.92 Å². The Morgan fingerprint density at radius 2 is 2.44 bits per heavy atom. The van der Waals surface area contributed by atoms with Gasteiger partial charge in [0.1, 0.15) is 5.69 Å². The van der Waals surface area contributed by atoms with Crippen LogP contribution < -0.4 is 5.32 Å². The number of rotatable bonds is 6. The molecular formula is C11H16BrN3O. The van der Waals surface area contributed by atoms with Gasteiger partial charge in [-0.2, -0.15) is 5.10 Å². The first-order chi connectivity index (χ1) is 7.72. The SMILES string of the molecule is CCCn1ncc(Br)c1C(=O)CNC1CC1. The average molecular weight is 286 g/mol. The summed E-state index contributed by atoms with van der Waals surface area (Å²) in [6.45, 7) is 3.28. The van der Waals surface area contributed by atoms with Crippen molar-refractivity contribution >= 4 is 21.7 Å². The van der Waals surface area contributed by atoms with E-state index >= 15 is 0 Å². The third kappa shape index (κ3) is 2.71. The van der Waals surface area contributed by atoms with Gasteiger partial charge < -0.3 is 5.32 Å². The van der Waals surface area contributed by atoms with E-state index in [0.717, 1.165) is 17.4 Å². The molecule has 0 aromatic carbocycles. The van der Waals surface area contributed by atoms with Crippen molar-refractivity contribution < 1.29 is 4.79 Å². The summed E-state index contributed by atoms with van der Waals surface area (Å²) < 4.78 is 2.57. The Balaban J connectivity index is 2.04. The van der Waals surface area contributed by atoms with Crippen molar-refractivity contribution in [3.63, 3.8) is 0 Å². The Kier molecular flexibility index (Phi) is 3.76. The zero-order valence-electron chi connectivity index (χ0n) is 9.37. The van der Waals surface area contributed by atoms with Gasteiger partial charge in [-0.15, -0.1) is 0 Å². The highest BCUT2D eigenvalue weighted by Gasteiger charge is 2.23. The molecule has 1 fully saturated rings. The lowest BCUT2D eigenvalue weighted by atomic mass is 10.2. The van der Waals surface area contributed by atoms with E-state index in [1.165, 1.54) is 12.8 Å². The Bertz CT molecular complexity index is 385. The molecule has 88 valence electrons. The van der Waals surface area contributed by atoms with Crippen molar-refractivity contribution in [1.29, 1.82) is 0 Å². The summed E-state index contributed by atoms with van der Waals surface area (Å²) in [4.78, 5) is 12.0. The first-order valence-corrected chi connectivity index (χ1v) is 6.49. The molecule has 0 atom stereocenters. The fraction of sp³-hybridized carbons (Fsp3) is 0.636. The van der Waals surface area contributed by atoms with Crippen LogP contribution in [-0.2, 0) is 6.54 Å². The fourth-order valence-electron chi connectivity index (χ4n) is 1.63. The molecule has 1 aliphatic carbocycles. The third-order valence-electron chi connectivity index (χ3n) is 2.62. The van der Waals surface area contributed by atoms with Crippen LogP contribution in [0.3, 0.4) is 0 Å². The number of carbonyl (C=O) groups excluding carboxylic acids is 1. The molecule has 1 aromatic rings. The molecule has 5 heteroatoms. The number of ketones is 1. The summed E-state index contributed by atoms with van der Waals surface area (Å²) in [5, 5.41) is 7.42. The third-order valence-corrected chi connectivity index (χ3v) is 3.20. The van der Waals surface area contributed by atoms with Gasteiger partial charge in [-0.05, 0) is 35.2 Å². The van der Waals surface area contributed by atoms with Gasteiger partial charge >= 0.3 is 0 Å². The quantitative estimate of drug-likeness (QED) is 0.814. The average Bonchev–Trinajstić information content (AvgIpc) is 3.01. The summed E-state index contributed by atoms with van der Waals surface area (Å²) in [6, 6.07) is 0.560. The lowest BCUT2D eigenvalue weighted by molar-refractivity contribution is 0.0979. The van der Waals surface area contributed by atoms with Crippen molar-refractivity contribution in [1.82, 2.24) is 15.1 Å². The van der Waals surface area contributed by atoms with Gasteiger partial charge in [-0.3, -0.25) is 9.48 Å². The molecule has 0 saturated heterocycles. The largest absolute Gasteiger partial charge is 0.307 e. The number of hydrogen-bond acceptors (Lipinski definition) is 3. The summed E-state index contributed by atoms with van der Waals surface area (Å²) in [7, 11) is 0. The molecule has 1 aromatic heterocycles. The summed E-state index contributed by atoms with van der Waals surface area (Å²) in [6.07, 6.45) is 5.07. The molecule has 0 spiro atoms. The van der Waals surface area contributed by atoms with E-state index in [2.05, 4.69) is 33.3 Å². The molecule has 1 N–H and O–H groups in total. The van der Waals surface area contributed by atoms with Gasteiger partial charge in [0.2, 0.25) is 0 Å². The fourth-order valence-corrected chi connectivity index (χ4v) is 2.15. The van der Waals surface area contributed by atoms with Crippen molar-refractivity contribution in [2.45, 2.75) is 38.8 Å². The van der Waals surface area contributed by atoms with Crippen LogP contribution in [0.2, 0.25) is 0 Å². The molecule has 0 radical (unpaired) electrons. The monoisotopic (exact) mass is 285 g/mol. The minimum absolute atomic E-state index is 0.115. The number of hydrogen-bond donors (Lipinski definition) is 1. The van der Waals surface area contributed by atoms with E-state index in [-0.39, 0.29) is 5.78 Å². The summed E-state index contributed by atoms with van der Waals surface area (Å²) in [5.41, 5.74) is 0.690.